The lowest BCUT2D eigenvalue weighted by Gasteiger charge is -2.21. The second-order valence-electron chi connectivity index (χ2n) is 3.52. The zero-order valence-electron chi connectivity index (χ0n) is 8.05. The summed E-state index contributed by atoms with van der Waals surface area (Å²) in [4.78, 5) is 12.4. The minimum atomic E-state index is -4.46. The molecule has 0 atom stereocenters. The van der Waals surface area contributed by atoms with Gasteiger partial charge in [-0.3, -0.25) is 4.79 Å². The third-order valence-corrected chi connectivity index (χ3v) is 2.12. The number of alkyl halides is 3. The lowest BCUT2D eigenvalue weighted by atomic mass is 10.3. The molecule has 15 heavy (non-hydrogen) atoms. The van der Waals surface area contributed by atoms with Crippen molar-refractivity contribution in [1.29, 1.82) is 5.26 Å². The minimum absolute atomic E-state index is 0.0757. The molecule has 0 bridgehead atoms. The lowest BCUT2D eigenvalue weighted by Crippen LogP contribution is -2.36. The Morgan fingerprint density at radius 2 is 2.07 bits per heavy atom. The van der Waals surface area contributed by atoms with Gasteiger partial charge in [-0.25, -0.2) is 0 Å². The van der Waals surface area contributed by atoms with Crippen molar-refractivity contribution >= 4 is 5.91 Å². The van der Waals surface area contributed by atoms with Crippen LogP contribution in [0, 0.1) is 11.3 Å². The molecule has 1 rings (SSSR count). The van der Waals surface area contributed by atoms with E-state index in [4.69, 9.17) is 5.26 Å². The van der Waals surface area contributed by atoms with Crippen LogP contribution in [0.3, 0.4) is 0 Å². The fraction of sp³-hybridized carbons (Fsp3) is 0.778. The van der Waals surface area contributed by atoms with E-state index >= 15 is 0 Å². The molecule has 1 amide bonds. The average Bonchev–Trinajstić information content (AvgIpc) is 2.85. The molecule has 0 N–H and O–H groups in total. The van der Waals surface area contributed by atoms with Crippen LogP contribution >= 0.6 is 0 Å². The van der Waals surface area contributed by atoms with E-state index in [2.05, 4.69) is 0 Å². The van der Waals surface area contributed by atoms with Crippen molar-refractivity contribution in [3.63, 3.8) is 0 Å². The van der Waals surface area contributed by atoms with Crippen LogP contribution in [0.5, 0.6) is 0 Å². The van der Waals surface area contributed by atoms with Crippen LogP contribution in [0.1, 0.15) is 25.7 Å². The number of rotatable bonds is 4. The Labute approximate surface area is 85.5 Å². The maximum atomic E-state index is 12.0. The molecule has 0 aliphatic heterocycles. The first-order chi connectivity index (χ1) is 6.94. The number of nitriles is 1. The molecule has 6 heteroatoms. The van der Waals surface area contributed by atoms with Gasteiger partial charge >= 0.3 is 6.18 Å². The highest BCUT2D eigenvalue weighted by Gasteiger charge is 2.38. The van der Waals surface area contributed by atoms with Crippen molar-refractivity contribution in [2.75, 3.05) is 6.54 Å². The van der Waals surface area contributed by atoms with E-state index in [9.17, 15) is 18.0 Å². The van der Waals surface area contributed by atoms with Gasteiger partial charge in [-0.1, -0.05) is 0 Å². The number of carbonyl (C=O) groups excluding carboxylic acids is 1. The molecule has 84 valence electrons. The molecule has 0 radical (unpaired) electrons. The van der Waals surface area contributed by atoms with E-state index in [0.29, 0.717) is 0 Å². The molecular weight excluding hydrogens is 209 g/mol. The maximum absolute atomic E-state index is 12.0. The number of nitrogens with zero attached hydrogens (tertiary/aromatic N) is 2. The number of hydrogen-bond acceptors (Lipinski definition) is 2. The summed E-state index contributed by atoms with van der Waals surface area (Å²) < 4.78 is 35.9. The predicted octanol–water partition coefficient (Wildman–Crippen LogP) is 1.84. The second kappa shape index (κ2) is 4.51. The van der Waals surface area contributed by atoms with Crippen LogP contribution in [0.25, 0.3) is 0 Å². The SMILES string of the molecule is N#CCCN(C(=O)CC(F)(F)F)C1CC1. The highest BCUT2D eigenvalue weighted by atomic mass is 19.4. The summed E-state index contributed by atoms with van der Waals surface area (Å²) >= 11 is 0. The fourth-order valence-electron chi connectivity index (χ4n) is 1.34. The van der Waals surface area contributed by atoms with Crippen molar-refractivity contribution in [2.45, 2.75) is 37.9 Å². The van der Waals surface area contributed by atoms with Crippen LogP contribution in [0.2, 0.25) is 0 Å². The Hall–Kier alpha value is -1.25. The van der Waals surface area contributed by atoms with Crippen LogP contribution in [-0.4, -0.2) is 29.6 Å². The van der Waals surface area contributed by atoms with E-state index in [1.165, 1.54) is 4.90 Å². The topological polar surface area (TPSA) is 44.1 Å². The van der Waals surface area contributed by atoms with E-state index in [1.54, 1.807) is 0 Å². The molecule has 0 heterocycles. The van der Waals surface area contributed by atoms with Gasteiger partial charge in [0.05, 0.1) is 12.5 Å². The van der Waals surface area contributed by atoms with Crippen LogP contribution in [-0.2, 0) is 4.79 Å². The molecule has 0 aromatic rings. The van der Waals surface area contributed by atoms with Crippen molar-refractivity contribution in [3.8, 4) is 6.07 Å². The van der Waals surface area contributed by atoms with Crippen LogP contribution < -0.4 is 0 Å². The molecule has 1 aliphatic carbocycles. The highest BCUT2D eigenvalue weighted by Crippen LogP contribution is 2.29. The zero-order chi connectivity index (χ0) is 11.5. The molecule has 0 unspecified atom stereocenters. The molecule has 0 aromatic heterocycles. The van der Waals surface area contributed by atoms with Gasteiger partial charge in [0.1, 0.15) is 6.42 Å². The Bertz CT molecular complexity index is 278. The molecule has 0 spiro atoms. The molecule has 1 saturated carbocycles. The quantitative estimate of drug-likeness (QED) is 0.725. The largest absolute Gasteiger partial charge is 0.397 e. The Kier molecular flexibility index (Phi) is 3.56. The van der Waals surface area contributed by atoms with Gasteiger partial charge in [0.2, 0.25) is 5.91 Å². The van der Waals surface area contributed by atoms with Gasteiger partial charge < -0.3 is 4.90 Å². The molecule has 0 aromatic carbocycles. The Morgan fingerprint density at radius 3 is 2.47 bits per heavy atom. The molecule has 0 saturated heterocycles. The standard InChI is InChI=1S/C9H11F3N2O/c10-9(11,12)6-8(15)14(5-1-4-13)7-2-3-7/h7H,1-3,5-6H2. The van der Waals surface area contributed by atoms with E-state index in [0.717, 1.165) is 12.8 Å². The summed E-state index contributed by atoms with van der Waals surface area (Å²) in [5.41, 5.74) is 0. The molecule has 1 fully saturated rings. The first-order valence-electron chi connectivity index (χ1n) is 4.67. The fourth-order valence-corrected chi connectivity index (χ4v) is 1.34. The van der Waals surface area contributed by atoms with E-state index in [1.807, 2.05) is 6.07 Å². The number of hydrogen-bond donors (Lipinski definition) is 0. The number of carbonyl (C=O) groups is 1. The van der Waals surface area contributed by atoms with Crippen LogP contribution in [0.15, 0.2) is 0 Å². The van der Waals surface area contributed by atoms with Crippen molar-refractivity contribution in [1.82, 2.24) is 4.90 Å². The summed E-state index contributed by atoms with van der Waals surface area (Å²) in [6, 6.07) is 1.75. The lowest BCUT2D eigenvalue weighted by molar-refractivity contribution is -0.161. The summed E-state index contributed by atoms with van der Waals surface area (Å²) in [7, 11) is 0. The zero-order valence-corrected chi connectivity index (χ0v) is 8.05. The summed E-state index contributed by atoms with van der Waals surface area (Å²) in [6.07, 6.45) is -4.31. The van der Waals surface area contributed by atoms with E-state index in [-0.39, 0.29) is 19.0 Å². The van der Waals surface area contributed by atoms with Gasteiger partial charge in [-0.2, -0.15) is 18.4 Å². The smallest absolute Gasteiger partial charge is 0.338 e. The summed E-state index contributed by atoms with van der Waals surface area (Å²) in [5.74, 6) is -0.916. The van der Waals surface area contributed by atoms with Gasteiger partial charge in [-0.05, 0) is 12.8 Å². The normalized spacial score (nSPS) is 15.9. The predicted molar refractivity (Wildman–Crippen MR) is 45.6 cm³/mol. The van der Waals surface area contributed by atoms with Crippen molar-refractivity contribution in [2.24, 2.45) is 0 Å². The summed E-state index contributed by atoms with van der Waals surface area (Å²) in [6.45, 7) is 0.107. The van der Waals surface area contributed by atoms with Gasteiger partial charge in [0, 0.05) is 12.6 Å². The van der Waals surface area contributed by atoms with Gasteiger partial charge in [-0.15, -0.1) is 0 Å². The van der Waals surface area contributed by atoms with E-state index < -0.39 is 18.5 Å². The molecular formula is C9H11F3N2O. The van der Waals surface area contributed by atoms with Gasteiger partial charge in [0.15, 0.2) is 0 Å². The first kappa shape index (κ1) is 11.8. The highest BCUT2D eigenvalue weighted by molar-refractivity contribution is 5.77. The third-order valence-electron chi connectivity index (χ3n) is 2.12. The number of amides is 1. The van der Waals surface area contributed by atoms with Crippen molar-refractivity contribution in [3.05, 3.63) is 0 Å². The molecule has 1 aliphatic rings. The Balaban J connectivity index is 2.48. The van der Waals surface area contributed by atoms with Crippen LogP contribution in [0.4, 0.5) is 13.2 Å². The third kappa shape index (κ3) is 4.19. The first-order valence-corrected chi connectivity index (χ1v) is 4.67. The average molecular weight is 220 g/mol. The second-order valence-corrected chi connectivity index (χ2v) is 3.52. The number of halogens is 3. The van der Waals surface area contributed by atoms with Gasteiger partial charge in [0.25, 0.3) is 0 Å². The maximum Gasteiger partial charge on any atom is 0.397 e. The Morgan fingerprint density at radius 1 is 1.47 bits per heavy atom. The molecule has 3 nitrogen and oxygen atoms in total. The minimum Gasteiger partial charge on any atom is -0.338 e. The van der Waals surface area contributed by atoms with Crippen molar-refractivity contribution < 1.29 is 18.0 Å². The monoisotopic (exact) mass is 220 g/mol. The summed E-state index contributed by atoms with van der Waals surface area (Å²) in [5, 5.41) is 8.32.